The van der Waals surface area contributed by atoms with Crippen LogP contribution < -0.4 is 14.8 Å². The maximum absolute atomic E-state index is 13.3. The summed E-state index contributed by atoms with van der Waals surface area (Å²) in [5, 5.41) is 6.69. The van der Waals surface area contributed by atoms with Gasteiger partial charge >= 0.3 is 0 Å². The predicted molar refractivity (Wildman–Crippen MR) is 110 cm³/mol. The number of rotatable bonds is 9. The second-order valence-corrected chi connectivity index (χ2v) is 7.75. The van der Waals surface area contributed by atoms with Crippen molar-refractivity contribution in [3.05, 3.63) is 41.3 Å². The molecule has 0 fully saturated rings. The molecular formula is C22H29N3O5. The molecule has 0 unspecified atom stereocenters. The minimum Gasteiger partial charge on any atom is -0.454 e. The van der Waals surface area contributed by atoms with E-state index in [2.05, 4.69) is 10.5 Å². The Balaban J connectivity index is 1.78. The van der Waals surface area contributed by atoms with Crippen LogP contribution in [0.2, 0.25) is 0 Å². The summed E-state index contributed by atoms with van der Waals surface area (Å²) in [5.74, 6) is 1.58. The highest BCUT2D eigenvalue weighted by molar-refractivity contribution is 5.95. The lowest BCUT2D eigenvalue weighted by molar-refractivity contribution is 0.0627. The second kappa shape index (κ2) is 9.65. The van der Waals surface area contributed by atoms with Gasteiger partial charge in [0.2, 0.25) is 6.79 Å². The summed E-state index contributed by atoms with van der Waals surface area (Å²) < 4.78 is 16.1. The normalized spacial score (nSPS) is 12.5. The van der Waals surface area contributed by atoms with Crippen molar-refractivity contribution in [2.45, 2.75) is 53.1 Å². The first-order valence-electron chi connectivity index (χ1n) is 10.4. The molecule has 1 N–H and O–H groups in total. The Kier molecular flexibility index (Phi) is 6.97. The zero-order valence-electron chi connectivity index (χ0n) is 17.9. The first-order chi connectivity index (χ1) is 14.4. The van der Waals surface area contributed by atoms with E-state index in [0.717, 1.165) is 12.8 Å². The van der Waals surface area contributed by atoms with Crippen LogP contribution in [-0.2, 0) is 6.54 Å². The summed E-state index contributed by atoms with van der Waals surface area (Å²) in [7, 11) is 0. The molecule has 2 heterocycles. The van der Waals surface area contributed by atoms with Crippen LogP contribution in [0.25, 0.3) is 0 Å². The third kappa shape index (κ3) is 4.93. The molecule has 3 rings (SSSR count). The van der Waals surface area contributed by atoms with E-state index in [-0.39, 0.29) is 36.9 Å². The van der Waals surface area contributed by atoms with Crippen molar-refractivity contribution in [2.75, 3.05) is 13.3 Å². The van der Waals surface area contributed by atoms with Gasteiger partial charge in [-0.1, -0.05) is 32.9 Å². The van der Waals surface area contributed by atoms with Crippen molar-refractivity contribution in [3.8, 4) is 11.5 Å². The van der Waals surface area contributed by atoms with Crippen molar-refractivity contribution < 1.29 is 23.6 Å². The summed E-state index contributed by atoms with van der Waals surface area (Å²) in [6.07, 6.45) is 1.59. The quantitative estimate of drug-likeness (QED) is 0.672. The highest BCUT2D eigenvalue weighted by atomic mass is 16.7. The smallest absolute Gasteiger partial charge is 0.273 e. The molecule has 0 bridgehead atoms. The van der Waals surface area contributed by atoms with Crippen molar-refractivity contribution in [2.24, 2.45) is 5.92 Å². The molecule has 0 saturated carbocycles. The van der Waals surface area contributed by atoms with Gasteiger partial charge in [0.1, 0.15) is 0 Å². The zero-order chi connectivity index (χ0) is 21.7. The van der Waals surface area contributed by atoms with Gasteiger partial charge in [-0.3, -0.25) is 9.59 Å². The van der Waals surface area contributed by atoms with Crippen molar-refractivity contribution in [1.82, 2.24) is 15.4 Å². The maximum Gasteiger partial charge on any atom is 0.273 e. The molecule has 1 aliphatic heterocycles. The van der Waals surface area contributed by atoms with Crippen LogP contribution in [0.5, 0.6) is 11.5 Å². The van der Waals surface area contributed by atoms with Gasteiger partial charge in [-0.25, -0.2) is 0 Å². The van der Waals surface area contributed by atoms with E-state index in [1.54, 1.807) is 29.2 Å². The minimum atomic E-state index is -0.283. The predicted octanol–water partition coefficient (Wildman–Crippen LogP) is 3.62. The Hall–Kier alpha value is -3.03. The minimum absolute atomic E-state index is 0.0197. The van der Waals surface area contributed by atoms with Gasteiger partial charge in [0.25, 0.3) is 11.8 Å². The molecule has 0 radical (unpaired) electrons. The third-order valence-electron chi connectivity index (χ3n) is 5.05. The van der Waals surface area contributed by atoms with Crippen LogP contribution in [0.15, 0.2) is 28.8 Å². The van der Waals surface area contributed by atoms with Crippen LogP contribution in [0.3, 0.4) is 0 Å². The number of nitrogens with one attached hydrogen (secondary N) is 1. The molecule has 1 aromatic heterocycles. The van der Waals surface area contributed by atoms with Crippen LogP contribution in [-0.4, -0.2) is 41.3 Å². The number of carbonyl (C=O) groups is 2. The van der Waals surface area contributed by atoms with Gasteiger partial charge in [-0.05, 0) is 37.0 Å². The first kappa shape index (κ1) is 21.7. The first-order valence-corrected chi connectivity index (χ1v) is 10.4. The Morgan fingerprint density at radius 3 is 2.57 bits per heavy atom. The summed E-state index contributed by atoms with van der Waals surface area (Å²) in [5.41, 5.74) is 0.728. The van der Waals surface area contributed by atoms with Gasteiger partial charge in [0.05, 0.1) is 6.54 Å². The molecular weight excluding hydrogens is 386 g/mol. The monoisotopic (exact) mass is 415 g/mol. The number of hydrogen-bond acceptors (Lipinski definition) is 6. The number of ether oxygens (including phenoxy) is 2. The lowest BCUT2D eigenvalue weighted by atomic mass is 10.1. The molecule has 0 saturated heterocycles. The molecule has 2 aromatic rings. The Morgan fingerprint density at radius 1 is 1.13 bits per heavy atom. The Bertz CT molecular complexity index is 889. The van der Waals surface area contributed by atoms with E-state index in [1.165, 1.54) is 0 Å². The Labute approximate surface area is 176 Å². The van der Waals surface area contributed by atoms with E-state index in [1.807, 2.05) is 27.7 Å². The van der Waals surface area contributed by atoms with Gasteiger partial charge in [-0.2, -0.15) is 0 Å². The topological polar surface area (TPSA) is 93.9 Å². The fourth-order valence-electron chi connectivity index (χ4n) is 3.34. The molecule has 0 spiro atoms. The highest BCUT2D eigenvalue weighted by Gasteiger charge is 2.26. The summed E-state index contributed by atoms with van der Waals surface area (Å²) in [6.45, 7) is 9.06. The molecule has 0 aliphatic carbocycles. The van der Waals surface area contributed by atoms with E-state index in [4.69, 9.17) is 14.0 Å². The number of aromatic nitrogens is 1. The van der Waals surface area contributed by atoms with E-state index >= 15 is 0 Å². The molecule has 0 atom stereocenters. The van der Waals surface area contributed by atoms with Crippen molar-refractivity contribution >= 4 is 11.8 Å². The largest absolute Gasteiger partial charge is 0.454 e. The van der Waals surface area contributed by atoms with Gasteiger partial charge in [0, 0.05) is 24.2 Å². The summed E-state index contributed by atoms with van der Waals surface area (Å²) >= 11 is 0. The van der Waals surface area contributed by atoms with Crippen LogP contribution in [0.1, 0.15) is 67.1 Å². The standard InChI is InChI=1S/C22H29N3O5/c1-5-16(6-2)25(22(27)15-7-8-19-20(9-15)29-13-28-19)12-17-10-18(24-30-17)21(26)23-11-14(3)4/h7-10,14,16H,5-6,11-13H2,1-4H3,(H,23,26). The highest BCUT2D eigenvalue weighted by Crippen LogP contribution is 2.33. The summed E-state index contributed by atoms with van der Waals surface area (Å²) in [6, 6.07) is 6.79. The number of benzene rings is 1. The van der Waals surface area contributed by atoms with Gasteiger partial charge in [0.15, 0.2) is 23.0 Å². The van der Waals surface area contributed by atoms with E-state index in [9.17, 15) is 9.59 Å². The number of carbonyl (C=O) groups excluding carboxylic acids is 2. The molecule has 2 amide bonds. The summed E-state index contributed by atoms with van der Waals surface area (Å²) in [4.78, 5) is 27.3. The van der Waals surface area contributed by atoms with Gasteiger partial charge in [-0.15, -0.1) is 0 Å². The number of fused-ring (bicyclic) bond motifs is 1. The van der Waals surface area contributed by atoms with Crippen LogP contribution in [0, 0.1) is 5.92 Å². The van der Waals surface area contributed by atoms with Gasteiger partial charge < -0.3 is 24.2 Å². The van der Waals surface area contributed by atoms with Crippen molar-refractivity contribution in [1.29, 1.82) is 0 Å². The van der Waals surface area contributed by atoms with Crippen LogP contribution >= 0.6 is 0 Å². The molecule has 30 heavy (non-hydrogen) atoms. The number of nitrogens with zero attached hydrogens (tertiary/aromatic N) is 2. The number of hydrogen-bond donors (Lipinski definition) is 1. The lowest BCUT2D eigenvalue weighted by Crippen LogP contribution is -2.39. The SMILES string of the molecule is CCC(CC)N(Cc1cc(C(=O)NCC(C)C)no1)C(=O)c1ccc2c(c1)OCO2. The van der Waals surface area contributed by atoms with E-state index < -0.39 is 0 Å². The molecule has 8 heteroatoms. The average Bonchev–Trinajstić information content (AvgIpc) is 3.40. The molecule has 1 aliphatic rings. The fourth-order valence-corrected chi connectivity index (χ4v) is 3.34. The van der Waals surface area contributed by atoms with Crippen molar-refractivity contribution in [3.63, 3.8) is 0 Å². The maximum atomic E-state index is 13.3. The Morgan fingerprint density at radius 2 is 1.87 bits per heavy atom. The average molecular weight is 415 g/mol. The lowest BCUT2D eigenvalue weighted by Gasteiger charge is -2.29. The third-order valence-corrected chi connectivity index (χ3v) is 5.05. The van der Waals surface area contributed by atoms with E-state index in [0.29, 0.717) is 35.3 Å². The molecule has 1 aromatic carbocycles. The second-order valence-electron chi connectivity index (χ2n) is 7.75. The van der Waals surface area contributed by atoms with Crippen LogP contribution in [0.4, 0.5) is 0 Å². The molecule has 162 valence electrons. The zero-order valence-corrected chi connectivity index (χ0v) is 17.9. The number of amides is 2. The molecule has 8 nitrogen and oxygen atoms in total. The fraction of sp³-hybridized carbons (Fsp3) is 0.500.